The van der Waals surface area contributed by atoms with E-state index in [2.05, 4.69) is 22.5 Å². The van der Waals surface area contributed by atoms with Crippen LogP contribution < -0.4 is 0 Å². The third kappa shape index (κ3) is 10.7. The maximum absolute atomic E-state index is 12.4. The van der Waals surface area contributed by atoms with E-state index in [1.807, 2.05) is 0 Å². The van der Waals surface area contributed by atoms with E-state index >= 15 is 0 Å². The second-order valence-corrected chi connectivity index (χ2v) is 5.97. The fraction of sp³-hybridized carbons (Fsp3) is 0.533. The first-order valence-corrected chi connectivity index (χ1v) is 8.15. The van der Waals surface area contributed by atoms with E-state index in [0.29, 0.717) is 25.7 Å². The summed E-state index contributed by atoms with van der Waals surface area (Å²) >= 11 is 0. The van der Waals surface area contributed by atoms with Gasteiger partial charge in [0.1, 0.15) is 6.16 Å². The van der Waals surface area contributed by atoms with Gasteiger partial charge in [0, 0.05) is 12.8 Å². The highest BCUT2D eigenvalue weighted by atomic mass is 31.2. The third-order valence-electron chi connectivity index (χ3n) is 2.15. The molecule has 0 atom stereocenters. The van der Waals surface area contributed by atoms with Crippen molar-refractivity contribution in [3.8, 4) is 37.0 Å². The monoisotopic (exact) mass is 310 g/mol. The summed E-state index contributed by atoms with van der Waals surface area (Å²) in [4.78, 5) is 11.5. The topological polar surface area (TPSA) is 61.8 Å². The first-order chi connectivity index (χ1) is 10.1. The zero-order valence-corrected chi connectivity index (χ0v) is 12.8. The zero-order valence-electron chi connectivity index (χ0n) is 11.9. The van der Waals surface area contributed by atoms with Crippen molar-refractivity contribution in [1.82, 2.24) is 0 Å². The quantitative estimate of drug-likeness (QED) is 0.253. The normalized spacial score (nSPS) is 10.1. The minimum absolute atomic E-state index is 0.138. The van der Waals surface area contributed by atoms with Gasteiger partial charge in [0.05, 0.1) is 13.2 Å². The molecule has 0 saturated carbocycles. The molecule has 0 radical (unpaired) electrons. The van der Waals surface area contributed by atoms with Crippen LogP contribution in [-0.2, 0) is 23.1 Å². The first-order valence-electron chi connectivity index (χ1n) is 6.42. The number of carbonyl (C=O) groups is 1. The lowest BCUT2D eigenvalue weighted by molar-refractivity contribution is -0.139. The number of hydrogen-bond acceptors (Lipinski definition) is 5. The van der Waals surface area contributed by atoms with Crippen LogP contribution in [0.3, 0.4) is 0 Å². The van der Waals surface area contributed by atoms with Crippen molar-refractivity contribution in [2.45, 2.75) is 25.7 Å². The predicted molar refractivity (Wildman–Crippen MR) is 80.3 cm³/mol. The molecule has 0 aliphatic carbocycles. The van der Waals surface area contributed by atoms with Crippen molar-refractivity contribution in [2.24, 2.45) is 0 Å². The molecule has 0 saturated heterocycles. The number of carbonyl (C=O) groups excluding carboxylic acids is 1. The fourth-order valence-electron chi connectivity index (χ4n) is 1.21. The molecule has 0 unspecified atom stereocenters. The van der Waals surface area contributed by atoms with Crippen LogP contribution in [0.15, 0.2) is 0 Å². The zero-order chi connectivity index (χ0) is 16.0. The maximum Gasteiger partial charge on any atom is 0.341 e. The van der Waals surface area contributed by atoms with Crippen molar-refractivity contribution in [3.63, 3.8) is 0 Å². The van der Waals surface area contributed by atoms with Gasteiger partial charge in [0.2, 0.25) is 0 Å². The van der Waals surface area contributed by atoms with Gasteiger partial charge in [0.25, 0.3) is 0 Å². The standard InChI is InChI=1S/C15H19O5P/c1-4-7-9-12-19-21(17,20-13-10-8-5-2)14-15(16)18-11-6-3/h1-3H,7-14H2. The molecule has 6 heteroatoms. The Kier molecular flexibility index (Phi) is 11.1. The minimum atomic E-state index is -3.58. The molecule has 0 bridgehead atoms. The van der Waals surface area contributed by atoms with Crippen LogP contribution >= 0.6 is 7.60 Å². The van der Waals surface area contributed by atoms with Crippen molar-refractivity contribution in [3.05, 3.63) is 0 Å². The van der Waals surface area contributed by atoms with Crippen LogP contribution in [0, 0.1) is 37.0 Å². The van der Waals surface area contributed by atoms with Crippen molar-refractivity contribution >= 4 is 13.6 Å². The average molecular weight is 310 g/mol. The van der Waals surface area contributed by atoms with E-state index in [4.69, 9.17) is 28.3 Å². The lowest BCUT2D eigenvalue weighted by Gasteiger charge is -2.17. The van der Waals surface area contributed by atoms with Gasteiger partial charge in [-0.3, -0.25) is 9.36 Å². The Balaban J connectivity index is 4.41. The second-order valence-electron chi connectivity index (χ2n) is 3.92. The molecule has 0 aromatic heterocycles. The molecule has 0 spiro atoms. The molecule has 0 aromatic rings. The Morgan fingerprint density at radius 2 is 1.48 bits per heavy atom. The third-order valence-corrected chi connectivity index (χ3v) is 3.94. The molecule has 114 valence electrons. The Hall–Kier alpha value is -1.70. The number of hydrogen-bond donors (Lipinski definition) is 0. The molecule has 0 aliphatic heterocycles. The summed E-state index contributed by atoms with van der Waals surface area (Å²) in [6, 6.07) is 0. The van der Waals surface area contributed by atoms with E-state index in [1.165, 1.54) is 0 Å². The smallest absolute Gasteiger partial charge is 0.341 e. The summed E-state index contributed by atoms with van der Waals surface area (Å²) in [7, 11) is -3.58. The van der Waals surface area contributed by atoms with Crippen molar-refractivity contribution in [1.29, 1.82) is 0 Å². The Labute approximate surface area is 126 Å². The summed E-state index contributed by atoms with van der Waals surface area (Å²) in [6.07, 6.45) is 16.7. The molecule has 0 amide bonds. The highest BCUT2D eigenvalue weighted by Gasteiger charge is 2.29. The number of esters is 1. The SMILES string of the molecule is C#CCCCOP(=O)(CC(=O)OCC#C)OCCCC#C. The molecule has 0 aliphatic rings. The molecule has 0 N–H and O–H groups in total. The molecular formula is C15H19O5P. The largest absolute Gasteiger partial charge is 0.452 e. The van der Waals surface area contributed by atoms with Crippen LogP contribution in [0.2, 0.25) is 0 Å². The van der Waals surface area contributed by atoms with Crippen molar-refractivity contribution < 1.29 is 23.1 Å². The summed E-state index contributed by atoms with van der Waals surface area (Å²) < 4.78 is 27.5. The van der Waals surface area contributed by atoms with Gasteiger partial charge >= 0.3 is 13.6 Å². The maximum atomic E-state index is 12.4. The van der Waals surface area contributed by atoms with Gasteiger partial charge in [-0.05, 0) is 12.8 Å². The van der Waals surface area contributed by atoms with E-state index in [0.717, 1.165) is 0 Å². The highest BCUT2D eigenvalue weighted by Crippen LogP contribution is 2.48. The fourth-order valence-corrected chi connectivity index (χ4v) is 2.69. The van der Waals surface area contributed by atoms with Gasteiger partial charge in [-0.2, -0.15) is 0 Å². The van der Waals surface area contributed by atoms with E-state index < -0.39 is 19.7 Å². The average Bonchev–Trinajstić information content (AvgIpc) is 2.46. The minimum Gasteiger partial charge on any atom is -0.452 e. The van der Waals surface area contributed by atoms with Crippen LogP contribution in [0.4, 0.5) is 0 Å². The molecule has 0 aromatic carbocycles. The Bertz CT molecular complexity index is 452. The van der Waals surface area contributed by atoms with Crippen LogP contribution in [0.25, 0.3) is 0 Å². The van der Waals surface area contributed by atoms with Gasteiger partial charge < -0.3 is 13.8 Å². The summed E-state index contributed by atoms with van der Waals surface area (Å²) in [6.45, 7) is 0.0884. The number of unbranched alkanes of at least 4 members (excludes halogenated alkanes) is 2. The number of rotatable bonds is 11. The van der Waals surface area contributed by atoms with Crippen LogP contribution in [0.5, 0.6) is 0 Å². The summed E-state index contributed by atoms with van der Waals surface area (Å²) in [5.41, 5.74) is 0. The number of ether oxygens (including phenoxy) is 1. The van der Waals surface area contributed by atoms with Crippen LogP contribution in [0.1, 0.15) is 25.7 Å². The summed E-state index contributed by atoms with van der Waals surface area (Å²) in [5, 5.41) is 0. The molecule has 0 fully saturated rings. The molecule has 0 heterocycles. The molecule has 5 nitrogen and oxygen atoms in total. The van der Waals surface area contributed by atoms with Gasteiger partial charge in [-0.1, -0.05) is 5.92 Å². The van der Waals surface area contributed by atoms with Gasteiger partial charge in [0.15, 0.2) is 6.61 Å². The van der Waals surface area contributed by atoms with E-state index in [1.54, 1.807) is 0 Å². The molecular weight excluding hydrogens is 291 g/mol. The van der Waals surface area contributed by atoms with E-state index in [9.17, 15) is 9.36 Å². The lowest BCUT2D eigenvalue weighted by atomic mass is 10.3. The molecule has 0 rings (SSSR count). The second kappa shape index (κ2) is 12.1. The number of terminal acetylenes is 3. The van der Waals surface area contributed by atoms with Crippen molar-refractivity contribution in [2.75, 3.05) is 26.0 Å². The molecule has 21 heavy (non-hydrogen) atoms. The summed E-state index contributed by atoms with van der Waals surface area (Å²) in [5.74, 6) is 6.29. The lowest BCUT2D eigenvalue weighted by Crippen LogP contribution is -2.14. The first kappa shape index (κ1) is 19.3. The van der Waals surface area contributed by atoms with Gasteiger partial charge in [-0.25, -0.2) is 0 Å². The highest BCUT2D eigenvalue weighted by molar-refractivity contribution is 7.54. The van der Waals surface area contributed by atoms with Gasteiger partial charge in [-0.15, -0.1) is 31.1 Å². The predicted octanol–water partition coefficient (Wildman–Crippen LogP) is 2.22. The Morgan fingerprint density at radius 3 is 1.90 bits per heavy atom. The Morgan fingerprint density at radius 1 is 0.952 bits per heavy atom. The van der Waals surface area contributed by atoms with Crippen LogP contribution in [-0.4, -0.2) is 32.0 Å². The van der Waals surface area contributed by atoms with E-state index in [-0.39, 0.29) is 19.8 Å².